The predicted octanol–water partition coefficient (Wildman–Crippen LogP) is 1.39. The van der Waals surface area contributed by atoms with Crippen LogP contribution >= 0.6 is 0 Å². The monoisotopic (exact) mass is 339 g/mol. The molecular weight excluding hydrogens is 318 g/mol. The van der Waals surface area contributed by atoms with Crippen LogP contribution in [-0.2, 0) is 6.54 Å². The van der Waals surface area contributed by atoms with E-state index in [4.69, 9.17) is 0 Å². The molecule has 1 aromatic carbocycles. The van der Waals surface area contributed by atoms with Crippen molar-refractivity contribution in [1.82, 2.24) is 15.2 Å². The molecule has 3 rings (SSSR count). The molecule has 2 atom stereocenters. The highest BCUT2D eigenvalue weighted by Crippen LogP contribution is 2.29. The van der Waals surface area contributed by atoms with Gasteiger partial charge in [-0.3, -0.25) is 14.4 Å². The second kappa shape index (κ2) is 6.93. The number of aromatic nitrogens is 1. The summed E-state index contributed by atoms with van der Waals surface area (Å²) in [5, 5.41) is 5.38. The third kappa shape index (κ3) is 3.79. The standard InChI is InChI=1S/C19H21N3O3/c1-12-8-16(12)21-17(23)14-9-15(18(24)20-2)19(25)22(11-14)10-13-6-4-3-5-7-13/h3-7,9,11-12,16H,8,10H2,1-2H3,(H,20,24)(H,21,23)/t12-,16?/m1/s1. The van der Waals surface area contributed by atoms with Gasteiger partial charge in [0.15, 0.2) is 0 Å². The summed E-state index contributed by atoms with van der Waals surface area (Å²) in [5.41, 5.74) is 0.781. The summed E-state index contributed by atoms with van der Waals surface area (Å²) in [6.07, 6.45) is 2.47. The Morgan fingerprint density at radius 3 is 2.48 bits per heavy atom. The van der Waals surface area contributed by atoms with Crippen LogP contribution in [0.25, 0.3) is 0 Å². The Kier molecular flexibility index (Phi) is 4.70. The van der Waals surface area contributed by atoms with Gasteiger partial charge in [-0.25, -0.2) is 0 Å². The SMILES string of the molecule is CNC(=O)c1cc(C(=O)NC2C[C@H]2C)cn(Cc2ccccc2)c1=O. The minimum absolute atomic E-state index is 0.0325. The molecule has 1 aromatic heterocycles. The van der Waals surface area contributed by atoms with Gasteiger partial charge < -0.3 is 15.2 Å². The molecule has 1 aliphatic rings. The van der Waals surface area contributed by atoms with E-state index in [0.29, 0.717) is 18.0 Å². The quantitative estimate of drug-likeness (QED) is 0.864. The highest BCUT2D eigenvalue weighted by molar-refractivity contribution is 5.99. The second-order valence-corrected chi connectivity index (χ2v) is 6.43. The second-order valence-electron chi connectivity index (χ2n) is 6.43. The van der Waals surface area contributed by atoms with E-state index >= 15 is 0 Å². The van der Waals surface area contributed by atoms with Gasteiger partial charge in [-0.15, -0.1) is 0 Å². The molecule has 2 N–H and O–H groups in total. The van der Waals surface area contributed by atoms with Gasteiger partial charge in [-0.1, -0.05) is 37.3 Å². The molecule has 1 unspecified atom stereocenters. The van der Waals surface area contributed by atoms with Crippen molar-refractivity contribution in [3.63, 3.8) is 0 Å². The zero-order chi connectivity index (χ0) is 18.0. The first-order chi connectivity index (χ1) is 12.0. The van der Waals surface area contributed by atoms with Gasteiger partial charge in [0.1, 0.15) is 5.56 Å². The molecule has 0 saturated heterocycles. The van der Waals surface area contributed by atoms with Crippen LogP contribution in [0.15, 0.2) is 47.4 Å². The largest absolute Gasteiger partial charge is 0.355 e. The Morgan fingerprint density at radius 1 is 1.20 bits per heavy atom. The molecule has 1 fully saturated rings. The molecule has 0 spiro atoms. The number of nitrogens with one attached hydrogen (secondary N) is 2. The summed E-state index contributed by atoms with van der Waals surface area (Å²) in [6, 6.07) is 11.0. The first-order valence-electron chi connectivity index (χ1n) is 8.31. The number of rotatable bonds is 5. The fourth-order valence-electron chi connectivity index (χ4n) is 2.73. The smallest absolute Gasteiger partial charge is 0.263 e. The van der Waals surface area contributed by atoms with Crippen molar-refractivity contribution in [2.75, 3.05) is 7.05 Å². The third-order valence-electron chi connectivity index (χ3n) is 4.44. The van der Waals surface area contributed by atoms with Crippen LogP contribution in [0.4, 0.5) is 0 Å². The maximum absolute atomic E-state index is 12.6. The van der Waals surface area contributed by atoms with Gasteiger partial charge in [0, 0.05) is 19.3 Å². The van der Waals surface area contributed by atoms with Crippen molar-refractivity contribution in [3.8, 4) is 0 Å². The number of carbonyl (C=O) groups is 2. The normalized spacial score (nSPS) is 18.5. The fraction of sp³-hybridized carbons (Fsp3) is 0.316. The van der Waals surface area contributed by atoms with Gasteiger partial charge in [-0.2, -0.15) is 0 Å². The Balaban J connectivity index is 1.97. The molecule has 6 heteroatoms. The van der Waals surface area contributed by atoms with Crippen molar-refractivity contribution < 1.29 is 9.59 Å². The van der Waals surface area contributed by atoms with E-state index in [9.17, 15) is 14.4 Å². The van der Waals surface area contributed by atoms with Crippen molar-refractivity contribution in [1.29, 1.82) is 0 Å². The van der Waals surface area contributed by atoms with Crippen LogP contribution in [0, 0.1) is 5.92 Å². The number of hydrogen-bond acceptors (Lipinski definition) is 3. The predicted molar refractivity (Wildman–Crippen MR) is 94.7 cm³/mol. The molecule has 2 amide bonds. The first-order valence-corrected chi connectivity index (χ1v) is 8.31. The van der Waals surface area contributed by atoms with E-state index in [1.807, 2.05) is 30.3 Å². The number of benzene rings is 1. The van der Waals surface area contributed by atoms with E-state index < -0.39 is 11.5 Å². The van der Waals surface area contributed by atoms with Crippen LogP contribution in [0.5, 0.6) is 0 Å². The molecule has 1 aliphatic carbocycles. The molecule has 0 radical (unpaired) electrons. The summed E-state index contributed by atoms with van der Waals surface area (Å²) in [7, 11) is 1.46. The summed E-state index contributed by atoms with van der Waals surface area (Å²) >= 11 is 0. The molecule has 0 bridgehead atoms. The Morgan fingerprint density at radius 2 is 1.88 bits per heavy atom. The average molecular weight is 339 g/mol. The Labute approximate surface area is 145 Å². The van der Waals surface area contributed by atoms with E-state index in [1.165, 1.54) is 23.9 Å². The Hall–Kier alpha value is -2.89. The highest BCUT2D eigenvalue weighted by atomic mass is 16.2. The Bertz CT molecular complexity index is 858. The lowest BCUT2D eigenvalue weighted by molar-refractivity contribution is 0.0948. The van der Waals surface area contributed by atoms with Crippen molar-refractivity contribution in [3.05, 3.63) is 69.6 Å². The molecule has 1 heterocycles. The molecule has 6 nitrogen and oxygen atoms in total. The lowest BCUT2D eigenvalue weighted by Crippen LogP contribution is -2.34. The minimum atomic E-state index is -0.499. The van der Waals surface area contributed by atoms with Crippen LogP contribution < -0.4 is 16.2 Å². The first kappa shape index (κ1) is 17.0. The number of amides is 2. The molecule has 130 valence electrons. The van der Waals surface area contributed by atoms with Gasteiger partial charge in [0.25, 0.3) is 17.4 Å². The van der Waals surface area contributed by atoms with Gasteiger partial charge >= 0.3 is 0 Å². The van der Waals surface area contributed by atoms with Crippen molar-refractivity contribution in [2.24, 2.45) is 5.92 Å². The zero-order valence-corrected chi connectivity index (χ0v) is 14.3. The zero-order valence-electron chi connectivity index (χ0n) is 14.3. The number of nitrogens with zero attached hydrogens (tertiary/aromatic N) is 1. The highest BCUT2D eigenvalue weighted by Gasteiger charge is 2.34. The maximum atomic E-state index is 12.6. The maximum Gasteiger partial charge on any atom is 0.263 e. The molecular formula is C19H21N3O3. The lowest BCUT2D eigenvalue weighted by atomic mass is 10.1. The van der Waals surface area contributed by atoms with Crippen LogP contribution in [0.1, 0.15) is 39.6 Å². The van der Waals surface area contributed by atoms with E-state index in [2.05, 4.69) is 17.6 Å². The molecule has 0 aliphatic heterocycles. The van der Waals surface area contributed by atoms with Crippen molar-refractivity contribution in [2.45, 2.75) is 25.9 Å². The van der Waals surface area contributed by atoms with Crippen LogP contribution in [0.2, 0.25) is 0 Å². The van der Waals surface area contributed by atoms with Gasteiger partial charge in [-0.05, 0) is 24.0 Å². The minimum Gasteiger partial charge on any atom is -0.355 e. The molecule has 1 saturated carbocycles. The van der Waals surface area contributed by atoms with E-state index in [1.54, 1.807) is 0 Å². The third-order valence-corrected chi connectivity index (χ3v) is 4.44. The van der Waals surface area contributed by atoms with Gasteiger partial charge in [0.05, 0.1) is 12.1 Å². The number of hydrogen-bond donors (Lipinski definition) is 2. The number of pyridine rings is 1. The summed E-state index contributed by atoms with van der Waals surface area (Å²) in [6.45, 7) is 2.36. The summed E-state index contributed by atoms with van der Waals surface area (Å²) in [4.78, 5) is 37.1. The summed E-state index contributed by atoms with van der Waals surface area (Å²) < 4.78 is 1.41. The van der Waals surface area contributed by atoms with Gasteiger partial charge in [0.2, 0.25) is 0 Å². The van der Waals surface area contributed by atoms with Crippen LogP contribution in [-0.4, -0.2) is 29.5 Å². The summed E-state index contributed by atoms with van der Waals surface area (Å²) in [5.74, 6) is -0.292. The fourth-order valence-corrected chi connectivity index (χ4v) is 2.73. The van der Waals surface area contributed by atoms with E-state index in [-0.39, 0.29) is 17.5 Å². The average Bonchev–Trinajstić information content (AvgIpc) is 3.31. The van der Waals surface area contributed by atoms with Crippen LogP contribution in [0.3, 0.4) is 0 Å². The lowest BCUT2D eigenvalue weighted by Gasteiger charge is -2.12. The van der Waals surface area contributed by atoms with E-state index in [0.717, 1.165) is 12.0 Å². The van der Waals surface area contributed by atoms with Crippen molar-refractivity contribution >= 4 is 11.8 Å². The number of carbonyl (C=O) groups excluding carboxylic acids is 2. The topological polar surface area (TPSA) is 80.2 Å². The molecule has 25 heavy (non-hydrogen) atoms. The molecule has 2 aromatic rings.